The van der Waals surface area contributed by atoms with Gasteiger partial charge < -0.3 is 10.2 Å². The maximum atomic E-state index is 3.77. The molecule has 1 fully saturated rings. The van der Waals surface area contributed by atoms with Crippen molar-refractivity contribution in [2.75, 3.05) is 38.7 Å². The predicted octanol–water partition coefficient (Wildman–Crippen LogP) is 3.09. The Labute approximate surface area is 118 Å². The van der Waals surface area contributed by atoms with Gasteiger partial charge in [0.2, 0.25) is 0 Å². The first kappa shape index (κ1) is 16.3. The van der Waals surface area contributed by atoms with Crippen molar-refractivity contribution in [2.45, 2.75) is 45.6 Å². The van der Waals surface area contributed by atoms with Crippen molar-refractivity contribution in [3.8, 4) is 0 Å². The van der Waals surface area contributed by atoms with Crippen LogP contribution in [0.4, 0.5) is 0 Å². The molecular formula is C15H32N2S. The molecule has 0 aromatic carbocycles. The van der Waals surface area contributed by atoms with Crippen LogP contribution in [-0.4, -0.2) is 49.6 Å². The molecule has 0 aliphatic heterocycles. The quantitative estimate of drug-likeness (QED) is 0.731. The van der Waals surface area contributed by atoms with Crippen LogP contribution in [0.25, 0.3) is 0 Å². The lowest BCUT2D eigenvalue weighted by molar-refractivity contribution is 0.164. The first-order valence-electron chi connectivity index (χ1n) is 7.58. The minimum atomic E-state index is 0.762. The third-order valence-corrected chi connectivity index (χ3v) is 4.72. The van der Waals surface area contributed by atoms with Crippen LogP contribution in [0.3, 0.4) is 0 Å². The Bertz CT molecular complexity index is 209. The lowest BCUT2D eigenvalue weighted by Crippen LogP contribution is -2.45. The van der Waals surface area contributed by atoms with Gasteiger partial charge in [-0.3, -0.25) is 0 Å². The van der Waals surface area contributed by atoms with Gasteiger partial charge in [-0.15, -0.1) is 0 Å². The van der Waals surface area contributed by atoms with Crippen LogP contribution in [0.5, 0.6) is 0 Å². The van der Waals surface area contributed by atoms with Crippen LogP contribution >= 0.6 is 11.8 Å². The van der Waals surface area contributed by atoms with Gasteiger partial charge in [0, 0.05) is 24.9 Å². The van der Waals surface area contributed by atoms with Crippen molar-refractivity contribution in [1.82, 2.24) is 10.2 Å². The summed E-state index contributed by atoms with van der Waals surface area (Å²) in [6.45, 7) is 8.37. The second-order valence-electron chi connectivity index (χ2n) is 5.99. The zero-order valence-electron chi connectivity index (χ0n) is 12.7. The van der Waals surface area contributed by atoms with Crippen molar-refractivity contribution in [3.05, 3.63) is 0 Å². The maximum Gasteiger partial charge on any atom is 0.0108 e. The smallest absolute Gasteiger partial charge is 0.0108 e. The Kier molecular flexibility index (Phi) is 8.36. The van der Waals surface area contributed by atoms with E-state index < -0.39 is 0 Å². The number of nitrogens with one attached hydrogen (secondary N) is 1. The first-order valence-corrected chi connectivity index (χ1v) is 8.97. The number of nitrogens with zero attached hydrogens (tertiary/aromatic N) is 1. The molecule has 0 spiro atoms. The highest BCUT2D eigenvalue weighted by Crippen LogP contribution is 2.29. The summed E-state index contributed by atoms with van der Waals surface area (Å²) >= 11 is 1.95. The molecule has 1 rings (SSSR count). The van der Waals surface area contributed by atoms with E-state index in [0.29, 0.717) is 0 Å². The van der Waals surface area contributed by atoms with E-state index in [1.807, 2.05) is 11.8 Å². The number of hydrogen-bond donors (Lipinski definition) is 1. The van der Waals surface area contributed by atoms with Crippen molar-refractivity contribution in [1.29, 1.82) is 0 Å². The average Bonchev–Trinajstić information content (AvgIpc) is 2.35. The topological polar surface area (TPSA) is 15.3 Å². The third-order valence-electron chi connectivity index (χ3n) is 4.12. The Morgan fingerprint density at radius 2 is 2.11 bits per heavy atom. The van der Waals surface area contributed by atoms with Gasteiger partial charge in [-0.2, -0.15) is 11.8 Å². The second kappa shape index (κ2) is 9.22. The standard InChI is InChI=1S/C15H32N2S/c1-5-8-16-15-7-6-13(2)11-14(15)12-17(3)9-10-18-4/h13-16H,5-12H2,1-4H3. The van der Waals surface area contributed by atoms with E-state index in [0.717, 1.165) is 17.9 Å². The Hall–Kier alpha value is 0.270. The molecule has 1 saturated carbocycles. The van der Waals surface area contributed by atoms with Crippen molar-refractivity contribution >= 4 is 11.8 Å². The molecule has 3 unspecified atom stereocenters. The van der Waals surface area contributed by atoms with E-state index >= 15 is 0 Å². The van der Waals surface area contributed by atoms with Gasteiger partial charge in [-0.25, -0.2) is 0 Å². The molecule has 0 heterocycles. The van der Waals surface area contributed by atoms with Crippen molar-refractivity contribution < 1.29 is 0 Å². The molecule has 3 heteroatoms. The fraction of sp³-hybridized carbons (Fsp3) is 1.00. The van der Waals surface area contributed by atoms with Gasteiger partial charge in [0.25, 0.3) is 0 Å². The number of rotatable bonds is 8. The van der Waals surface area contributed by atoms with Crippen LogP contribution < -0.4 is 5.32 Å². The summed E-state index contributed by atoms with van der Waals surface area (Å²) in [6.07, 6.45) is 7.64. The first-order chi connectivity index (χ1) is 8.67. The maximum absolute atomic E-state index is 3.77. The molecule has 0 bridgehead atoms. The Morgan fingerprint density at radius 3 is 2.78 bits per heavy atom. The molecule has 18 heavy (non-hydrogen) atoms. The van der Waals surface area contributed by atoms with Crippen molar-refractivity contribution in [3.63, 3.8) is 0 Å². The summed E-state index contributed by atoms with van der Waals surface area (Å²) in [7, 11) is 2.28. The summed E-state index contributed by atoms with van der Waals surface area (Å²) < 4.78 is 0. The van der Waals surface area contributed by atoms with E-state index in [4.69, 9.17) is 0 Å². The summed E-state index contributed by atoms with van der Waals surface area (Å²) in [5.74, 6) is 3.03. The summed E-state index contributed by atoms with van der Waals surface area (Å²) in [4.78, 5) is 2.53. The van der Waals surface area contributed by atoms with Crippen LogP contribution in [0.1, 0.15) is 39.5 Å². The van der Waals surface area contributed by atoms with Crippen LogP contribution in [0, 0.1) is 11.8 Å². The fourth-order valence-corrected chi connectivity index (χ4v) is 3.53. The molecule has 108 valence electrons. The molecule has 3 atom stereocenters. The van der Waals surface area contributed by atoms with E-state index in [1.54, 1.807) is 0 Å². The van der Waals surface area contributed by atoms with E-state index in [-0.39, 0.29) is 0 Å². The van der Waals surface area contributed by atoms with Crippen molar-refractivity contribution in [2.24, 2.45) is 11.8 Å². The lowest BCUT2D eigenvalue weighted by Gasteiger charge is -2.37. The highest BCUT2D eigenvalue weighted by atomic mass is 32.2. The monoisotopic (exact) mass is 272 g/mol. The molecule has 0 saturated heterocycles. The second-order valence-corrected chi connectivity index (χ2v) is 6.98. The van der Waals surface area contributed by atoms with Crippen LogP contribution in [0.2, 0.25) is 0 Å². The zero-order chi connectivity index (χ0) is 13.4. The van der Waals surface area contributed by atoms with Gasteiger partial charge in [-0.1, -0.05) is 13.8 Å². The molecule has 1 aliphatic carbocycles. The Morgan fingerprint density at radius 1 is 1.33 bits per heavy atom. The van der Waals surface area contributed by atoms with Gasteiger partial charge in [0.15, 0.2) is 0 Å². The van der Waals surface area contributed by atoms with E-state index in [1.165, 1.54) is 51.1 Å². The summed E-state index contributed by atoms with van der Waals surface area (Å²) in [6, 6.07) is 0.762. The van der Waals surface area contributed by atoms with E-state index in [2.05, 4.69) is 37.4 Å². The third kappa shape index (κ3) is 5.94. The molecule has 0 aromatic rings. The molecule has 2 nitrogen and oxygen atoms in total. The highest BCUT2D eigenvalue weighted by Gasteiger charge is 2.28. The van der Waals surface area contributed by atoms with Crippen LogP contribution in [0.15, 0.2) is 0 Å². The minimum absolute atomic E-state index is 0.762. The lowest BCUT2D eigenvalue weighted by atomic mass is 9.78. The highest BCUT2D eigenvalue weighted by molar-refractivity contribution is 7.98. The van der Waals surface area contributed by atoms with Gasteiger partial charge in [-0.05, 0) is 57.4 Å². The molecule has 0 amide bonds. The van der Waals surface area contributed by atoms with E-state index in [9.17, 15) is 0 Å². The molecule has 0 radical (unpaired) electrons. The number of hydrogen-bond acceptors (Lipinski definition) is 3. The fourth-order valence-electron chi connectivity index (χ4n) is 3.04. The molecular weight excluding hydrogens is 240 g/mol. The molecule has 0 aromatic heterocycles. The summed E-state index contributed by atoms with van der Waals surface area (Å²) in [5, 5.41) is 3.77. The normalized spacial score (nSPS) is 28.8. The molecule has 1 N–H and O–H groups in total. The van der Waals surface area contributed by atoms with Gasteiger partial charge in [0.1, 0.15) is 0 Å². The average molecular weight is 273 g/mol. The predicted molar refractivity (Wildman–Crippen MR) is 84.5 cm³/mol. The SMILES string of the molecule is CCCNC1CCC(C)CC1CN(C)CCSC. The number of thioether (sulfide) groups is 1. The zero-order valence-corrected chi connectivity index (χ0v) is 13.6. The minimum Gasteiger partial charge on any atom is -0.314 e. The largest absolute Gasteiger partial charge is 0.314 e. The molecule has 1 aliphatic rings. The Balaban J connectivity index is 2.39. The van der Waals surface area contributed by atoms with Crippen LogP contribution in [-0.2, 0) is 0 Å². The summed E-state index contributed by atoms with van der Waals surface area (Å²) in [5.41, 5.74) is 0. The van der Waals surface area contributed by atoms with Gasteiger partial charge in [0.05, 0.1) is 0 Å². The van der Waals surface area contributed by atoms with Gasteiger partial charge >= 0.3 is 0 Å².